The molecule has 0 spiro atoms. The Kier molecular flexibility index (Phi) is 2.50. The van der Waals surface area contributed by atoms with Crippen LogP contribution in [0.2, 0.25) is 0 Å². The average molecular weight is 278 g/mol. The largest absolute Gasteiger partial charge is 0.417 e. The van der Waals surface area contributed by atoms with E-state index in [0.717, 1.165) is 6.07 Å². The van der Waals surface area contributed by atoms with Gasteiger partial charge >= 0.3 is 6.18 Å². The fourth-order valence-corrected chi connectivity index (χ4v) is 2.02. The number of halogens is 4. The lowest BCUT2D eigenvalue weighted by Gasteiger charge is -2.19. The number of anilines is 1. The minimum Gasteiger partial charge on any atom is -0.380 e. The highest BCUT2D eigenvalue weighted by Crippen LogP contribution is 2.40. The summed E-state index contributed by atoms with van der Waals surface area (Å²) in [5.74, 6) is 0. The zero-order valence-electron chi connectivity index (χ0n) is 7.53. The van der Waals surface area contributed by atoms with Gasteiger partial charge in [-0.25, -0.2) is 0 Å². The van der Waals surface area contributed by atoms with Crippen molar-refractivity contribution in [3.8, 4) is 0 Å². The van der Waals surface area contributed by atoms with Crippen molar-refractivity contribution in [2.75, 3.05) is 11.9 Å². The summed E-state index contributed by atoms with van der Waals surface area (Å²) >= 11 is 3.22. The Balaban J connectivity index is 2.65. The zero-order chi connectivity index (χ0) is 11.1. The van der Waals surface area contributed by atoms with E-state index in [1.807, 2.05) is 0 Å². The first-order valence-corrected chi connectivity index (χ1v) is 5.09. The third kappa shape index (κ3) is 1.88. The SMILES string of the molecule is FC(F)(F)c1ccc(Br)c2c1C=CCN2. The van der Waals surface area contributed by atoms with Crippen LogP contribution in [0.5, 0.6) is 0 Å². The van der Waals surface area contributed by atoms with Gasteiger partial charge in [-0.2, -0.15) is 13.2 Å². The van der Waals surface area contributed by atoms with Crippen LogP contribution < -0.4 is 5.32 Å². The molecule has 0 saturated carbocycles. The van der Waals surface area contributed by atoms with Crippen LogP contribution in [-0.4, -0.2) is 6.54 Å². The Hall–Kier alpha value is -0.970. The summed E-state index contributed by atoms with van der Waals surface area (Å²) in [4.78, 5) is 0. The van der Waals surface area contributed by atoms with Crippen LogP contribution in [0.1, 0.15) is 11.1 Å². The molecule has 1 aromatic rings. The van der Waals surface area contributed by atoms with Crippen LogP contribution in [0, 0.1) is 0 Å². The van der Waals surface area contributed by atoms with Gasteiger partial charge in [0.1, 0.15) is 0 Å². The minimum atomic E-state index is -4.31. The molecule has 80 valence electrons. The average Bonchev–Trinajstić information content (AvgIpc) is 2.17. The molecule has 1 heterocycles. The summed E-state index contributed by atoms with van der Waals surface area (Å²) in [6, 6.07) is 2.49. The van der Waals surface area contributed by atoms with Gasteiger partial charge in [0.2, 0.25) is 0 Å². The van der Waals surface area contributed by atoms with E-state index in [4.69, 9.17) is 0 Å². The number of nitrogens with one attached hydrogen (secondary N) is 1. The Labute approximate surface area is 93.1 Å². The molecule has 1 nitrogen and oxygen atoms in total. The molecule has 1 aliphatic heterocycles. The minimum absolute atomic E-state index is 0.197. The Bertz CT molecular complexity index is 423. The maximum atomic E-state index is 12.6. The maximum absolute atomic E-state index is 12.6. The van der Waals surface area contributed by atoms with Crippen molar-refractivity contribution in [2.24, 2.45) is 0 Å². The van der Waals surface area contributed by atoms with Gasteiger partial charge in [0.05, 0.1) is 11.3 Å². The van der Waals surface area contributed by atoms with E-state index in [0.29, 0.717) is 16.7 Å². The van der Waals surface area contributed by atoms with E-state index in [1.54, 1.807) is 6.08 Å². The van der Waals surface area contributed by atoms with Crippen molar-refractivity contribution in [1.29, 1.82) is 0 Å². The summed E-state index contributed by atoms with van der Waals surface area (Å²) in [6.45, 7) is 0.549. The van der Waals surface area contributed by atoms with Crippen LogP contribution in [-0.2, 0) is 6.18 Å². The summed E-state index contributed by atoms with van der Waals surface area (Å²) in [6.07, 6.45) is -1.14. The maximum Gasteiger partial charge on any atom is 0.417 e. The Morgan fingerprint density at radius 1 is 1.27 bits per heavy atom. The first-order valence-electron chi connectivity index (χ1n) is 4.30. The second-order valence-electron chi connectivity index (χ2n) is 3.16. The Morgan fingerprint density at radius 2 is 2.00 bits per heavy atom. The third-order valence-electron chi connectivity index (χ3n) is 2.18. The predicted octanol–water partition coefficient (Wildman–Crippen LogP) is 3.91. The van der Waals surface area contributed by atoms with Gasteiger partial charge in [-0.15, -0.1) is 0 Å². The standard InChI is InChI=1S/C10H7BrF3N/c11-8-4-3-7(10(12,13)14)6-2-1-5-15-9(6)8/h1-4,15H,5H2. The number of fused-ring (bicyclic) bond motifs is 1. The number of hydrogen-bond donors (Lipinski definition) is 1. The van der Waals surface area contributed by atoms with Crippen LogP contribution in [0.4, 0.5) is 18.9 Å². The van der Waals surface area contributed by atoms with E-state index < -0.39 is 11.7 Å². The molecule has 0 atom stereocenters. The highest BCUT2D eigenvalue weighted by molar-refractivity contribution is 9.10. The molecule has 0 radical (unpaired) electrons. The predicted molar refractivity (Wildman–Crippen MR) is 56.7 cm³/mol. The van der Waals surface area contributed by atoms with Crippen molar-refractivity contribution in [3.63, 3.8) is 0 Å². The van der Waals surface area contributed by atoms with Crippen molar-refractivity contribution in [1.82, 2.24) is 0 Å². The molecular formula is C10H7BrF3N. The smallest absolute Gasteiger partial charge is 0.380 e. The molecule has 0 saturated heterocycles. The molecule has 0 aliphatic carbocycles. The summed E-state index contributed by atoms with van der Waals surface area (Å²) in [5.41, 5.74) is 0.0969. The van der Waals surface area contributed by atoms with Gasteiger partial charge in [-0.3, -0.25) is 0 Å². The Morgan fingerprint density at radius 3 is 2.67 bits per heavy atom. The molecule has 1 N–H and O–H groups in total. The van der Waals surface area contributed by atoms with Crippen LogP contribution in [0.25, 0.3) is 6.08 Å². The summed E-state index contributed by atoms with van der Waals surface area (Å²) in [7, 11) is 0. The first-order chi connectivity index (χ1) is 7.00. The normalized spacial score (nSPS) is 14.7. The van der Waals surface area contributed by atoms with Crippen molar-refractivity contribution >= 4 is 27.7 Å². The van der Waals surface area contributed by atoms with E-state index >= 15 is 0 Å². The molecule has 0 amide bonds. The molecule has 5 heteroatoms. The number of alkyl halides is 3. The molecule has 1 aromatic carbocycles. The molecule has 0 fully saturated rings. The van der Waals surface area contributed by atoms with Gasteiger partial charge in [-0.1, -0.05) is 12.2 Å². The van der Waals surface area contributed by atoms with Crippen molar-refractivity contribution < 1.29 is 13.2 Å². The van der Waals surface area contributed by atoms with Gasteiger partial charge < -0.3 is 5.32 Å². The van der Waals surface area contributed by atoms with Crippen molar-refractivity contribution in [3.05, 3.63) is 33.8 Å². The van der Waals surface area contributed by atoms with Crippen LogP contribution in [0.3, 0.4) is 0 Å². The fourth-order valence-electron chi connectivity index (χ4n) is 1.53. The number of rotatable bonds is 0. The number of hydrogen-bond acceptors (Lipinski definition) is 1. The van der Waals surface area contributed by atoms with E-state index in [2.05, 4.69) is 21.2 Å². The zero-order valence-corrected chi connectivity index (χ0v) is 9.11. The van der Waals surface area contributed by atoms with E-state index in [9.17, 15) is 13.2 Å². The third-order valence-corrected chi connectivity index (χ3v) is 2.84. The fraction of sp³-hybridized carbons (Fsp3) is 0.200. The molecule has 0 unspecified atom stereocenters. The van der Waals surface area contributed by atoms with Gasteiger partial charge in [0, 0.05) is 16.6 Å². The molecular weight excluding hydrogens is 271 g/mol. The second-order valence-corrected chi connectivity index (χ2v) is 4.02. The van der Waals surface area contributed by atoms with E-state index in [1.165, 1.54) is 12.1 Å². The lowest BCUT2D eigenvalue weighted by molar-refractivity contribution is -0.137. The topological polar surface area (TPSA) is 12.0 Å². The molecule has 15 heavy (non-hydrogen) atoms. The summed E-state index contributed by atoms with van der Waals surface area (Å²) in [5, 5.41) is 2.91. The van der Waals surface area contributed by atoms with Gasteiger partial charge in [0.25, 0.3) is 0 Å². The lowest BCUT2D eigenvalue weighted by atomic mass is 10.0. The summed E-state index contributed by atoms with van der Waals surface area (Å²) < 4.78 is 38.5. The van der Waals surface area contributed by atoms with E-state index in [-0.39, 0.29) is 5.56 Å². The number of benzene rings is 1. The second kappa shape index (κ2) is 3.56. The first kappa shape index (κ1) is 10.5. The van der Waals surface area contributed by atoms with Crippen LogP contribution in [0.15, 0.2) is 22.7 Å². The molecule has 1 aliphatic rings. The van der Waals surface area contributed by atoms with Gasteiger partial charge in [-0.05, 0) is 28.1 Å². The molecule has 0 aromatic heterocycles. The quantitative estimate of drug-likeness (QED) is 0.758. The highest BCUT2D eigenvalue weighted by Gasteiger charge is 2.34. The van der Waals surface area contributed by atoms with Gasteiger partial charge in [0.15, 0.2) is 0 Å². The lowest BCUT2D eigenvalue weighted by Crippen LogP contribution is -2.13. The molecule has 2 rings (SSSR count). The van der Waals surface area contributed by atoms with Crippen molar-refractivity contribution in [2.45, 2.75) is 6.18 Å². The molecule has 0 bridgehead atoms. The van der Waals surface area contributed by atoms with Crippen LogP contribution >= 0.6 is 15.9 Å². The monoisotopic (exact) mass is 277 g/mol. The highest BCUT2D eigenvalue weighted by atomic mass is 79.9.